The van der Waals surface area contributed by atoms with Crippen molar-refractivity contribution in [3.05, 3.63) is 33.5 Å². The van der Waals surface area contributed by atoms with Gasteiger partial charge in [-0.1, -0.05) is 15.9 Å². The molecule has 0 N–H and O–H groups in total. The van der Waals surface area contributed by atoms with Gasteiger partial charge in [-0.25, -0.2) is 0 Å². The molecule has 1 spiro atoms. The van der Waals surface area contributed by atoms with Crippen LogP contribution in [0.25, 0.3) is 0 Å². The summed E-state index contributed by atoms with van der Waals surface area (Å²) in [7, 11) is 5.38. The third-order valence-electron chi connectivity index (χ3n) is 6.59. The number of ketones is 1. The van der Waals surface area contributed by atoms with E-state index < -0.39 is 6.10 Å². The number of methoxy groups -OCH3 is 2. The number of nitrogens with zero attached hydrogens (tertiary/aromatic N) is 1. The van der Waals surface area contributed by atoms with Gasteiger partial charge in [-0.2, -0.15) is 0 Å². The highest BCUT2D eigenvalue weighted by molar-refractivity contribution is 9.10. The summed E-state index contributed by atoms with van der Waals surface area (Å²) in [5, 5.41) is 0. The number of piperidine rings is 1. The molecule has 1 saturated heterocycles. The van der Waals surface area contributed by atoms with Gasteiger partial charge in [0.05, 0.1) is 19.6 Å². The van der Waals surface area contributed by atoms with Crippen LogP contribution in [0.4, 0.5) is 0 Å². The molecule has 2 aliphatic carbocycles. The van der Waals surface area contributed by atoms with E-state index >= 15 is 0 Å². The quantitative estimate of drug-likeness (QED) is 0.755. The predicted molar refractivity (Wildman–Crippen MR) is 95.1 cm³/mol. The Morgan fingerprint density at radius 1 is 1.36 bits per heavy atom. The Kier molecular flexibility index (Phi) is 3.15. The second-order valence-corrected chi connectivity index (χ2v) is 8.26. The van der Waals surface area contributed by atoms with Crippen molar-refractivity contribution in [1.29, 1.82) is 0 Å². The molecule has 2 heterocycles. The minimum absolute atomic E-state index is 0.0516. The molecule has 0 amide bonds. The number of carbonyl (C=O) groups is 1. The molecule has 25 heavy (non-hydrogen) atoms. The number of likely N-dealkylation sites (N-methyl/N-ethyl adjacent to an activating group) is 1. The first kappa shape index (κ1) is 15.7. The number of benzene rings is 1. The van der Waals surface area contributed by atoms with E-state index in [2.05, 4.69) is 27.9 Å². The molecule has 0 unspecified atom stereocenters. The van der Waals surface area contributed by atoms with E-state index in [-0.39, 0.29) is 17.1 Å². The number of hydrogen-bond acceptors (Lipinski definition) is 5. The lowest BCUT2D eigenvalue weighted by Crippen LogP contribution is -2.64. The molecule has 0 aromatic heterocycles. The maximum Gasteiger partial charge on any atom is 0.238 e. The summed E-state index contributed by atoms with van der Waals surface area (Å²) in [6.45, 7) is 0.957. The number of Topliss-reactive ketones (excluding diaryl/α,β-unsaturated/α-hetero) is 1. The van der Waals surface area contributed by atoms with Crippen LogP contribution in [0.15, 0.2) is 22.4 Å². The molecule has 0 radical (unpaired) electrons. The predicted octanol–water partition coefficient (Wildman–Crippen LogP) is 2.45. The molecule has 1 fully saturated rings. The van der Waals surface area contributed by atoms with Crippen molar-refractivity contribution in [2.24, 2.45) is 5.92 Å². The summed E-state index contributed by atoms with van der Waals surface area (Å²) in [4.78, 5) is 15.5. The Morgan fingerprint density at radius 2 is 2.16 bits per heavy atom. The third kappa shape index (κ3) is 1.70. The number of halogens is 1. The van der Waals surface area contributed by atoms with E-state index in [1.807, 2.05) is 12.1 Å². The van der Waals surface area contributed by atoms with Crippen LogP contribution in [-0.4, -0.2) is 50.6 Å². The number of likely N-dealkylation sites (tertiary alicyclic amines) is 1. The Labute approximate surface area is 155 Å². The largest absolute Gasteiger partial charge is 0.493 e. The van der Waals surface area contributed by atoms with Crippen LogP contribution in [0.5, 0.6) is 11.5 Å². The summed E-state index contributed by atoms with van der Waals surface area (Å²) in [5.74, 6) is 2.02. The summed E-state index contributed by atoms with van der Waals surface area (Å²) >= 11 is 3.73. The first-order valence-corrected chi connectivity index (χ1v) is 9.39. The monoisotopic (exact) mass is 405 g/mol. The van der Waals surface area contributed by atoms with Crippen molar-refractivity contribution in [2.45, 2.75) is 30.4 Å². The molecule has 132 valence electrons. The minimum atomic E-state index is -0.522. The molecule has 1 aromatic carbocycles. The van der Waals surface area contributed by atoms with Gasteiger partial charge in [0.1, 0.15) is 0 Å². The van der Waals surface area contributed by atoms with Crippen LogP contribution in [-0.2, 0) is 21.4 Å². The molecule has 4 atom stereocenters. The Morgan fingerprint density at radius 3 is 2.88 bits per heavy atom. The average Bonchev–Trinajstić information content (AvgIpc) is 2.95. The highest BCUT2D eigenvalue weighted by Crippen LogP contribution is 2.63. The van der Waals surface area contributed by atoms with Crippen LogP contribution < -0.4 is 9.47 Å². The smallest absolute Gasteiger partial charge is 0.238 e. The van der Waals surface area contributed by atoms with Gasteiger partial charge < -0.3 is 19.1 Å². The van der Waals surface area contributed by atoms with Gasteiger partial charge in [0.2, 0.25) is 5.78 Å². The lowest BCUT2D eigenvalue weighted by molar-refractivity contribution is -0.132. The highest BCUT2D eigenvalue weighted by Gasteiger charge is 2.66. The topological polar surface area (TPSA) is 48.0 Å². The first-order valence-electron chi connectivity index (χ1n) is 8.59. The molecule has 0 saturated carbocycles. The maximum atomic E-state index is 13.1. The zero-order chi connectivity index (χ0) is 17.5. The molecule has 6 heteroatoms. The SMILES string of the molecule is COC1=C[C@H]2[C@H]3Cc4c(Br)cc(OC)c5c4[C@@]2(CCN3C)[C@@H](O5)C1=O. The van der Waals surface area contributed by atoms with E-state index in [0.717, 1.165) is 29.6 Å². The van der Waals surface area contributed by atoms with Crippen LogP contribution in [0, 0.1) is 5.92 Å². The maximum absolute atomic E-state index is 13.1. The molecular formula is C19H20BrNO4. The fraction of sp³-hybridized carbons (Fsp3) is 0.526. The number of rotatable bonds is 2. The van der Waals surface area contributed by atoms with Crippen LogP contribution in [0.3, 0.4) is 0 Å². The van der Waals surface area contributed by atoms with Crippen LogP contribution in [0.2, 0.25) is 0 Å². The Bertz CT molecular complexity index is 835. The summed E-state index contributed by atoms with van der Waals surface area (Å²) in [5.41, 5.74) is 2.13. The number of carbonyl (C=O) groups excluding carboxylic acids is 1. The molecular weight excluding hydrogens is 386 g/mol. The zero-order valence-electron chi connectivity index (χ0n) is 14.5. The third-order valence-corrected chi connectivity index (χ3v) is 7.29. The first-order chi connectivity index (χ1) is 12.0. The average molecular weight is 406 g/mol. The van der Waals surface area contributed by atoms with Crippen molar-refractivity contribution in [2.75, 3.05) is 27.8 Å². The van der Waals surface area contributed by atoms with Crippen LogP contribution >= 0.6 is 15.9 Å². The van der Waals surface area contributed by atoms with Crippen molar-refractivity contribution < 1.29 is 19.0 Å². The van der Waals surface area contributed by atoms with Gasteiger partial charge in [0.25, 0.3) is 0 Å². The minimum Gasteiger partial charge on any atom is -0.493 e. The summed E-state index contributed by atoms with van der Waals surface area (Å²) in [6, 6.07) is 2.30. The number of ether oxygens (including phenoxy) is 3. The molecule has 5 rings (SSSR count). The van der Waals surface area contributed by atoms with Gasteiger partial charge in [-0.3, -0.25) is 4.79 Å². The van der Waals surface area contributed by atoms with Crippen molar-refractivity contribution in [3.63, 3.8) is 0 Å². The standard InChI is InChI=1S/C19H20BrNO4/c1-21-5-4-19-10-7-13(23-2)16(22)18(19)25-17-14(24-3)8-11(20)9(15(17)19)6-12(10)21/h7-8,10,12,18H,4-6H2,1-3H3/t10-,12+,18-,19-/m0/s1. The van der Waals surface area contributed by atoms with E-state index in [9.17, 15) is 4.79 Å². The second kappa shape index (κ2) is 5.01. The van der Waals surface area contributed by atoms with Gasteiger partial charge in [0.15, 0.2) is 23.4 Å². The fourth-order valence-electron chi connectivity index (χ4n) is 5.45. The lowest BCUT2D eigenvalue weighted by atomic mass is 9.53. The van der Waals surface area contributed by atoms with Gasteiger partial charge in [-0.15, -0.1) is 0 Å². The zero-order valence-corrected chi connectivity index (χ0v) is 16.1. The fourth-order valence-corrected chi connectivity index (χ4v) is 6.02. The molecule has 4 aliphatic rings. The summed E-state index contributed by atoms with van der Waals surface area (Å²) < 4.78 is 18.3. The molecule has 2 aliphatic heterocycles. The molecule has 1 aromatic rings. The molecule has 5 nitrogen and oxygen atoms in total. The van der Waals surface area contributed by atoms with E-state index in [0.29, 0.717) is 17.6 Å². The van der Waals surface area contributed by atoms with Crippen LogP contribution in [0.1, 0.15) is 17.5 Å². The van der Waals surface area contributed by atoms with Crippen molar-refractivity contribution >= 4 is 21.7 Å². The Hall–Kier alpha value is -1.53. The van der Waals surface area contributed by atoms with Crippen molar-refractivity contribution in [3.8, 4) is 11.5 Å². The normalized spacial score (nSPS) is 35.0. The van der Waals surface area contributed by atoms with E-state index in [4.69, 9.17) is 14.2 Å². The summed E-state index contributed by atoms with van der Waals surface area (Å²) in [6.07, 6.45) is 3.35. The highest BCUT2D eigenvalue weighted by atomic mass is 79.9. The van der Waals surface area contributed by atoms with Gasteiger partial charge >= 0.3 is 0 Å². The van der Waals surface area contributed by atoms with E-state index in [1.54, 1.807) is 14.2 Å². The van der Waals surface area contributed by atoms with Crippen molar-refractivity contribution in [1.82, 2.24) is 4.90 Å². The molecule has 2 bridgehead atoms. The van der Waals surface area contributed by atoms with Gasteiger partial charge in [0, 0.05) is 22.0 Å². The lowest BCUT2D eigenvalue weighted by Gasteiger charge is -2.55. The number of hydrogen-bond donors (Lipinski definition) is 0. The Balaban J connectivity index is 1.85. The van der Waals surface area contributed by atoms with Gasteiger partial charge in [-0.05, 0) is 44.1 Å². The second-order valence-electron chi connectivity index (χ2n) is 7.41. The van der Waals surface area contributed by atoms with E-state index in [1.165, 1.54) is 11.1 Å².